The van der Waals surface area contributed by atoms with Gasteiger partial charge in [-0.05, 0) is 23.3 Å². The van der Waals surface area contributed by atoms with Crippen molar-refractivity contribution in [2.45, 2.75) is 13.1 Å². The summed E-state index contributed by atoms with van der Waals surface area (Å²) in [5, 5.41) is 10.1. The number of carbonyl (C=O) groups is 3. The summed E-state index contributed by atoms with van der Waals surface area (Å²) in [4.78, 5) is 36.0. The van der Waals surface area contributed by atoms with Gasteiger partial charge < -0.3 is 16.4 Å². The molecule has 8 heteroatoms. The zero-order chi connectivity index (χ0) is 24.6. The second-order valence-corrected chi connectivity index (χ2v) is 7.97. The Labute approximate surface area is 202 Å². The van der Waals surface area contributed by atoms with E-state index in [1.54, 1.807) is 35.1 Å². The first-order valence-electron chi connectivity index (χ1n) is 11.1. The number of aromatic nitrogens is 2. The van der Waals surface area contributed by atoms with Crippen molar-refractivity contribution in [3.05, 3.63) is 113 Å². The summed E-state index contributed by atoms with van der Waals surface area (Å²) in [7, 11) is 0. The van der Waals surface area contributed by atoms with E-state index >= 15 is 0 Å². The van der Waals surface area contributed by atoms with Crippen molar-refractivity contribution in [1.82, 2.24) is 20.4 Å². The quantitative estimate of drug-likeness (QED) is 0.351. The first-order chi connectivity index (χ1) is 17.0. The zero-order valence-corrected chi connectivity index (χ0v) is 19.0. The minimum absolute atomic E-state index is 0.224. The molecule has 0 saturated heterocycles. The summed E-state index contributed by atoms with van der Waals surface area (Å²) < 4.78 is 1.77. The van der Waals surface area contributed by atoms with Gasteiger partial charge in [0.05, 0.1) is 18.7 Å². The van der Waals surface area contributed by atoms with Crippen LogP contribution in [0.15, 0.2) is 91.1 Å². The lowest BCUT2D eigenvalue weighted by molar-refractivity contribution is -0.117. The van der Waals surface area contributed by atoms with Crippen molar-refractivity contribution in [2.24, 2.45) is 5.73 Å². The maximum absolute atomic E-state index is 13.1. The highest BCUT2D eigenvalue weighted by Gasteiger charge is 2.18. The summed E-state index contributed by atoms with van der Waals surface area (Å²) in [6.45, 7) is 0.603. The Kier molecular flexibility index (Phi) is 7.32. The third kappa shape index (κ3) is 6.20. The van der Waals surface area contributed by atoms with Crippen LogP contribution in [-0.2, 0) is 17.9 Å². The number of hydrogen-bond acceptors (Lipinski definition) is 4. The van der Waals surface area contributed by atoms with Crippen molar-refractivity contribution >= 4 is 17.7 Å². The number of carbonyl (C=O) groups excluding carboxylic acids is 3. The largest absolute Gasteiger partial charge is 0.368 e. The van der Waals surface area contributed by atoms with Crippen molar-refractivity contribution in [1.29, 1.82) is 0 Å². The van der Waals surface area contributed by atoms with E-state index in [0.29, 0.717) is 23.4 Å². The van der Waals surface area contributed by atoms with Crippen LogP contribution >= 0.6 is 0 Å². The Morgan fingerprint density at radius 1 is 0.771 bits per heavy atom. The van der Waals surface area contributed by atoms with E-state index in [1.165, 1.54) is 0 Å². The molecular formula is C27H25N5O3. The minimum Gasteiger partial charge on any atom is -0.368 e. The highest BCUT2D eigenvalue weighted by atomic mass is 16.2. The maximum Gasteiger partial charge on any atom is 0.255 e. The molecule has 176 valence electrons. The standard InChI is InChI=1S/C27H25N5O3/c28-24(33)16-30-26(34)22-13-11-19(12-14-22)15-29-27(35)23-18-32(17-20-7-3-1-4-8-20)31-25(23)21-9-5-2-6-10-21/h1-14,18H,15-17H2,(H2,28,33)(H,29,35)(H,30,34). The van der Waals surface area contributed by atoms with Gasteiger partial charge in [0.25, 0.3) is 11.8 Å². The van der Waals surface area contributed by atoms with Crippen LogP contribution in [0, 0.1) is 0 Å². The zero-order valence-electron chi connectivity index (χ0n) is 19.0. The molecule has 0 fully saturated rings. The fraction of sp³-hybridized carbons (Fsp3) is 0.111. The summed E-state index contributed by atoms with van der Waals surface area (Å²) in [5.41, 5.74) is 9.30. The molecule has 3 amide bonds. The van der Waals surface area contributed by atoms with E-state index in [1.807, 2.05) is 60.7 Å². The molecule has 4 rings (SSSR count). The second kappa shape index (κ2) is 10.9. The second-order valence-electron chi connectivity index (χ2n) is 7.97. The number of amides is 3. The topological polar surface area (TPSA) is 119 Å². The van der Waals surface area contributed by atoms with Crippen LogP contribution in [0.4, 0.5) is 0 Å². The number of nitrogens with two attached hydrogens (primary N) is 1. The lowest BCUT2D eigenvalue weighted by Crippen LogP contribution is -2.33. The molecule has 0 aliphatic rings. The van der Waals surface area contributed by atoms with Crippen LogP contribution < -0.4 is 16.4 Å². The van der Waals surface area contributed by atoms with Crippen molar-refractivity contribution in [2.75, 3.05) is 6.54 Å². The summed E-state index contributed by atoms with van der Waals surface area (Å²) in [6, 6.07) is 26.3. The van der Waals surface area contributed by atoms with Gasteiger partial charge in [-0.15, -0.1) is 0 Å². The van der Waals surface area contributed by atoms with Gasteiger partial charge in [-0.2, -0.15) is 5.10 Å². The van der Waals surface area contributed by atoms with E-state index in [0.717, 1.165) is 16.7 Å². The van der Waals surface area contributed by atoms with Gasteiger partial charge >= 0.3 is 0 Å². The average Bonchev–Trinajstić information content (AvgIpc) is 3.31. The summed E-state index contributed by atoms with van der Waals surface area (Å²) in [6.07, 6.45) is 1.76. The average molecular weight is 468 g/mol. The van der Waals surface area contributed by atoms with Gasteiger partial charge in [0.2, 0.25) is 5.91 Å². The molecule has 35 heavy (non-hydrogen) atoms. The Balaban J connectivity index is 1.47. The Morgan fingerprint density at radius 3 is 2.09 bits per heavy atom. The first-order valence-corrected chi connectivity index (χ1v) is 11.1. The van der Waals surface area contributed by atoms with Crippen molar-refractivity contribution in [3.8, 4) is 11.3 Å². The third-order valence-corrected chi connectivity index (χ3v) is 5.33. The maximum atomic E-state index is 13.1. The number of nitrogens with one attached hydrogen (secondary N) is 2. The predicted octanol–water partition coefficient (Wildman–Crippen LogP) is 2.74. The SMILES string of the molecule is NC(=O)CNC(=O)c1ccc(CNC(=O)c2cn(Cc3ccccc3)nc2-c2ccccc2)cc1. The normalized spacial score (nSPS) is 10.5. The van der Waals surface area contributed by atoms with Crippen molar-refractivity contribution < 1.29 is 14.4 Å². The van der Waals surface area contributed by atoms with Gasteiger partial charge in [-0.25, -0.2) is 0 Å². The number of benzene rings is 3. The lowest BCUT2D eigenvalue weighted by atomic mass is 10.1. The monoisotopic (exact) mass is 467 g/mol. The summed E-state index contributed by atoms with van der Waals surface area (Å²) >= 11 is 0. The van der Waals surface area contributed by atoms with Crippen LogP contribution in [0.25, 0.3) is 11.3 Å². The number of hydrogen-bond donors (Lipinski definition) is 3. The van der Waals surface area contributed by atoms with E-state index in [2.05, 4.69) is 10.6 Å². The van der Waals surface area contributed by atoms with Gasteiger partial charge in [0.15, 0.2) is 0 Å². The first kappa shape index (κ1) is 23.4. The molecule has 0 atom stereocenters. The minimum atomic E-state index is -0.611. The smallest absolute Gasteiger partial charge is 0.255 e. The Morgan fingerprint density at radius 2 is 1.43 bits per heavy atom. The molecule has 0 saturated carbocycles. The van der Waals surface area contributed by atoms with Crippen LogP contribution in [0.3, 0.4) is 0 Å². The molecule has 4 aromatic rings. The molecule has 0 spiro atoms. The van der Waals surface area contributed by atoms with Crippen molar-refractivity contribution in [3.63, 3.8) is 0 Å². The number of rotatable bonds is 9. The van der Waals surface area contributed by atoms with Gasteiger partial charge in [0, 0.05) is 23.9 Å². The van der Waals surface area contributed by atoms with E-state index in [4.69, 9.17) is 10.8 Å². The summed E-state index contributed by atoms with van der Waals surface area (Å²) in [5.74, 6) is -1.25. The van der Waals surface area contributed by atoms with Crippen LogP contribution in [-0.4, -0.2) is 34.0 Å². The molecule has 4 N–H and O–H groups in total. The van der Waals surface area contributed by atoms with Crippen LogP contribution in [0.2, 0.25) is 0 Å². The van der Waals surface area contributed by atoms with E-state index < -0.39 is 11.8 Å². The van der Waals surface area contributed by atoms with E-state index in [-0.39, 0.29) is 19.0 Å². The molecule has 0 unspecified atom stereocenters. The van der Waals surface area contributed by atoms with Gasteiger partial charge in [0.1, 0.15) is 5.69 Å². The van der Waals surface area contributed by atoms with Gasteiger partial charge in [-0.1, -0.05) is 72.8 Å². The van der Waals surface area contributed by atoms with Crippen LogP contribution in [0.5, 0.6) is 0 Å². The molecule has 0 aliphatic heterocycles. The third-order valence-electron chi connectivity index (χ3n) is 5.33. The Bertz CT molecular complexity index is 1320. The molecule has 0 aliphatic carbocycles. The van der Waals surface area contributed by atoms with E-state index in [9.17, 15) is 14.4 Å². The van der Waals surface area contributed by atoms with Crippen LogP contribution in [0.1, 0.15) is 31.8 Å². The highest BCUT2D eigenvalue weighted by molar-refractivity contribution is 6.00. The molecule has 0 radical (unpaired) electrons. The highest BCUT2D eigenvalue weighted by Crippen LogP contribution is 2.22. The molecule has 3 aromatic carbocycles. The molecule has 1 heterocycles. The number of primary amides is 1. The molecule has 8 nitrogen and oxygen atoms in total. The molecule has 1 aromatic heterocycles. The Hall–Kier alpha value is -4.72. The van der Waals surface area contributed by atoms with Gasteiger partial charge in [-0.3, -0.25) is 19.1 Å². The number of nitrogens with zero attached hydrogens (tertiary/aromatic N) is 2. The lowest BCUT2D eigenvalue weighted by Gasteiger charge is -2.07. The fourth-order valence-corrected chi connectivity index (χ4v) is 3.57. The molecule has 0 bridgehead atoms. The predicted molar refractivity (Wildman–Crippen MR) is 132 cm³/mol. The fourth-order valence-electron chi connectivity index (χ4n) is 3.57. The molecular weight excluding hydrogens is 442 g/mol.